The number of hydrogen-bond acceptors (Lipinski definition) is 5. The van der Waals surface area contributed by atoms with Crippen molar-refractivity contribution in [1.82, 2.24) is 19.7 Å². The Bertz CT molecular complexity index is 1160. The molecule has 3 aromatic rings. The SMILES string of the molecule is CCCN1CCN(CCCNC(=O)c2cn(-c3ccc(OC)cc3)c(=O)c3ccccc23)CC1. The monoisotopic (exact) mass is 462 g/mol. The number of carbonyl (C=O) groups is 1. The molecule has 1 fully saturated rings. The molecular weight excluding hydrogens is 428 g/mol. The number of carbonyl (C=O) groups excluding carboxylic acids is 1. The van der Waals surface area contributed by atoms with Crippen LogP contribution < -0.4 is 15.6 Å². The second-order valence-electron chi connectivity index (χ2n) is 8.75. The predicted molar refractivity (Wildman–Crippen MR) is 136 cm³/mol. The van der Waals surface area contributed by atoms with E-state index in [2.05, 4.69) is 22.0 Å². The number of ether oxygens (including phenoxy) is 1. The van der Waals surface area contributed by atoms with E-state index in [0.29, 0.717) is 34.3 Å². The molecule has 34 heavy (non-hydrogen) atoms. The predicted octanol–water partition coefficient (Wildman–Crippen LogP) is 3.15. The van der Waals surface area contributed by atoms with Crippen molar-refractivity contribution in [3.63, 3.8) is 0 Å². The highest BCUT2D eigenvalue weighted by Crippen LogP contribution is 2.19. The van der Waals surface area contributed by atoms with E-state index in [1.807, 2.05) is 30.3 Å². The van der Waals surface area contributed by atoms with E-state index in [4.69, 9.17) is 4.74 Å². The van der Waals surface area contributed by atoms with Crippen LogP contribution in [0, 0.1) is 0 Å². The minimum Gasteiger partial charge on any atom is -0.497 e. The lowest BCUT2D eigenvalue weighted by atomic mass is 10.1. The number of aromatic nitrogens is 1. The van der Waals surface area contributed by atoms with Gasteiger partial charge in [0.2, 0.25) is 0 Å². The zero-order chi connectivity index (χ0) is 23.9. The van der Waals surface area contributed by atoms with Gasteiger partial charge in [0.15, 0.2) is 0 Å². The molecule has 1 aromatic heterocycles. The molecule has 7 nitrogen and oxygen atoms in total. The van der Waals surface area contributed by atoms with Crippen molar-refractivity contribution in [3.8, 4) is 11.4 Å². The van der Waals surface area contributed by atoms with E-state index in [1.165, 1.54) is 17.5 Å². The molecule has 1 aliphatic rings. The molecule has 7 heteroatoms. The van der Waals surface area contributed by atoms with Gasteiger partial charge in [-0.3, -0.25) is 14.2 Å². The Morgan fingerprint density at radius 2 is 1.59 bits per heavy atom. The van der Waals surface area contributed by atoms with Crippen LogP contribution in [-0.2, 0) is 0 Å². The number of piperazine rings is 1. The number of pyridine rings is 1. The molecule has 1 N–H and O–H groups in total. The van der Waals surface area contributed by atoms with Gasteiger partial charge in [-0.15, -0.1) is 0 Å². The van der Waals surface area contributed by atoms with Crippen molar-refractivity contribution in [3.05, 3.63) is 70.6 Å². The van der Waals surface area contributed by atoms with Gasteiger partial charge in [0.1, 0.15) is 5.75 Å². The summed E-state index contributed by atoms with van der Waals surface area (Å²) in [4.78, 5) is 31.3. The van der Waals surface area contributed by atoms with Crippen LogP contribution in [0.2, 0.25) is 0 Å². The molecule has 0 spiro atoms. The number of nitrogens with one attached hydrogen (secondary N) is 1. The molecule has 2 heterocycles. The van der Waals surface area contributed by atoms with E-state index in [-0.39, 0.29) is 11.5 Å². The van der Waals surface area contributed by atoms with Gasteiger partial charge in [-0.05, 0) is 56.3 Å². The fourth-order valence-corrected chi connectivity index (χ4v) is 4.56. The summed E-state index contributed by atoms with van der Waals surface area (Å²) < 4.78 is 6.76. The maximum Gasteiger partial charge on any atom is 0.262 e. The first-order valence-corrected chi connectivity index (χ1v) is 12.1. The van der Waals surface area contributed by atoms with E-state index in [0.717, 1.165) is 39.1 Å². The van der Waals surface area contributed by atoms with Crippen molar-refractivity contribution in [2.75, 3.05) is 52.9 Å². The number of benzene rings is 2. The van der Waals surface area contributed by atoms with Crippen LogP contribution in [0.3, 0.4) is 0 Å². The van der Waals surface area contributed by atoms with Crippen LogP contribution in [0.1, 0.15) is 30.1 Å². The Labute approximate surface area is 200 Å². The molecule has 0 saturated carbocycles. The first-order chi connectivity index (χ1) is 16.6. The van der Waals surface area contributed by atoms with Gasteiger partial charge in [-0.1, -0.05) is 25.1 Å². The van der Waals surface area contributed by atoms with Crippen LogP contribution >= 0.6 is 0 Å². The average molecular weight is 463 g/mol. The number of rotatable bonds is 9. The third-order valence-electron chi connectivity index (χ3n) is 6.46. The lowest BCUT2D eigenvalue weighted by Gasteiger charge is -2.34. The van der Waals surface area contributed by atoms with Gasteiger partial charge >= 0.3 is 0 Å². The zero-order valence-electron chi connectivity index (χ0n) is 20.1. The molecule has 4 rings (SSSR count). The van der Waals surface area contributed by atoms with E-state index < -0.39 is 0 Å². The Balaban J connectivity index is 1.45. The average Bonchev–Trinajstić information content (AvgIpc) is 2.88. The van der Waals surface area contributed by atoms with Gasteiger partial charge in [0.25, 0.3) is 11.5 Å². The van der Waals surface area contributed by atoms with E-state index in [9.17, 15) is 9.59 Å². The Hall–Kier alpha value is -3.16. The van der Waals surface area contributed by atoms with Crippen LogP contribution in [0.25, 0.3) is 16.5 Å². The van der Waals surface area contributed by atoms with Crippen molar-refractivity contribution in [2.45, 2.75) is 19.8 Å². The smallest absolute Gasteiger partial charge is 0.262 e. The summed E-state index contributed by atoms with van der Waals surface area (Å²) in [6.45, 7) is 9.41. The summed E-state index contributed by atoms with van der Waals surface area (Å²) in [6.07, 6.45) is 3.75. The van der Waals surface area contributed by atoms with Gasteiger partial charge in [0, 0.05) is 55.4 Å². The van der Waals surface area contributed by atoms with Gasteiger partial charge in [-0.2, -0.15) is 0 Å². The molecular formula is C27H34N4O3. The normalized spacial score (nSPS) is 14.9. The highest BCUT2D eigenvalue weighted by Gasteiger charge is 2.17. The molecule has 0 bridgehead atoms. The molecule has 180 valence electrons. The first-order valence-electron chi connectivity index (χ1n) is 12.1. The third kappa shape index (κ3) is 5.48. The van der Waals surface area contributed by atoms with E-state index in [1.54, 1.807) is 31.5 Å². The summed E-state index contributed by atoms with van der Waals surface area (Å²) in [5.74, 6) is 0.550. The zero-order valence-corrected chi connectivity index (χ0v) is 20.1. The summed E-state index contributed by atoms with van der Waals surface area (Å²) in [5, 5.41) is 4.26. The van der Waals surface area contributed by atoms with Gasteiger partial charge < -0.3 is 19.9 Å². The topological polar surface area (TPSA) is 66.8 Å². The number of fused-ring (bicyclic) bond motifs is 1. The molecule has 1 amide bonds. The number of hydrogen-bond donors (Lipinski definition) is 1. The highest BCUT2D eigenvalue weighted by molar-refractivity contribution is 6.06. The number of amides is 1. The summed E-state index contributed by atoms with van der Waals surface area (Å²) >= 11 is 0. The molecule has 0 unspecified atom stereocenters. The maximum atomic E-state index is 13.2. The molecule has 0 atom stereocenters. The first kappa shape index (κ1) is 24.0. The molecule has 2 aromatic carbocycles. The maximum absolute atomic E-state index is 13.2. The van der Waals surface area contributed by atoms with Crippen molar-refractivity contribution >= 4 is 16.7 Å². The number of methoxy groups -OCH3 is 1. The van der Waals surface area contributed by atoms with Crippen molar-refractivity contribution < 1.29 is 9.53 Å². The summed E-state index contributed by atoms with van der Waals surface area (Å²) in [5.41, 5.74) is 1.03. The van der Waals surface area contributed by atoms with Crippen LogP contribution in [0.15, 0.2) is 59.5 Å². The van der Waals surface area contributed by atoms with Crippen molar-refractivity contribution in [1.29, 1.82) is 0 Å². The summed E-state index contributed by atoms with van der Waals surface area (Å²) in [7, 11) is 1.60. The lowest BCUT2D eigenvalue weighted by Crippen LogP contribution is -2.47. The fraction of sp³-hybridized carbons (Fsp3) is 0.407. The number of nitrogens with zero attached hydrogens (tertiary/aromatic N) is 3. The minimum absolute atomic E-state index is 0.153. The Kier molecular flexibility index (Phi) is 7.98. The second-order valence-corrected chi connectivity index (χ2v) is 8.75. The van der Waals surface area contributed by atoms with Crippen LogP contribution in [0.5, 0.6) is 5.75 Å². The standard InChI is InChI=1S/C27H34N4O3/c1-3-14-29-16-18-30(19-17-29)15-6-13-28-26(32)25-20-31(21-9-11-22(34-2)12-10-21)27(33)24-8-5-4-7-23(24)25/h4-5,7-12,20H,3,6,13-19H2,1-2H3,(H,28,32). The second kappa shape index (κ2) is 11.3. The molecule has 0 radical (unpaired) electrons. The summed E-state index contributed by atoms with van der Waals surface area (Å²) in [6, 6.07) is 14.5. The Morgan fingerprint density at radius 1 is 0.941 bits per heavy atom. The highest BCUT2D eigenvalue weighted by atomic mass is 16.5. The molecule has 1 saturated heterocycles. The molecule has 1 aliphatic heterocycles. The van der Waals surface area contributed by atoms with Crippen LogP contribution in [0.4, 0.5) is 0 Å². The van der Waals surface area contributed by atoms with Gasteiger partial charge in [-0.25, -0.2) is 0 Å². The minimum atomic E-state index is -0.161. The van der Waals surface area contributed by atoms with Crippen molar-refractivity contribution in [2.24, 2.45) is 0 Å². The quantitative estimate of drug-likeness (QED) is 0.495. The Morgan fingerprint density at radius 3 is 2.24 bits per heavy atom. The molecule has 0 aliphatic carbocycles. The van der Waals surface area contributed by atoms with Crippen LogP contribution in [-0.4, -0.2) is 73.2 Å². The fourth-order valence-electron chi connectivity index (χ4n) is 4.56. The largest absolute Gasteiger partial charge is 0.497 e. The van der Waals surface area contributed by atoms with Gasteiger partial charge in [0.05, 0.1) is 12.7 Å². The third-order valence-corrected chi connectivity index (χ3v) is 6.46. The lowest BCUT2D eigenvalue weighted by molar-refractivity contribution is 0.0949. The van der Waals surface area contributed by atoms with E-state index >= 15 is 0 Å².